The number of alkyl carbamates (subject to hydrolysis) is 1. The van der Waals surface area contributed by atoms with Crippen molar-refractivity contribution in [2.45, 2.75) is 77.3 Å². The van der Waals surface area contributed by atoms with Crippen molar-refractivity contribution < 1.29 is 38.5 Å². The average molecular weight is 638 g/mol. The van der Waals surface area contributed by atoms with Crippen molar-refractivity contribution in [1.82, 2.24) is 20.4 Å². The van der Waals surface area contributed by atoms with E-state index >= 15 is 0 Å². The zero-order valence-corrected chi connectivity index (χ0v) is 27.0. The number of nitrogens with zero attached hydrogens (tertiary/aromatic N) is 2. The molecule has 0 spiro atoms. The molecule has 0 saturated carbocycles. The third kappa shape index (κ3) is 11.2. The molecule has 0 bridgehead atoms. The van der Waals surface area contributed by atoms with E-state index in [0.29, 0.717) is 17.0 Å². The number of ether oxygens (including phenoxy) is 3. The number of carbonyl (C=O) groups excluding carboxylic acids is 3. The first-order valence-corrected chi connectivity index (χ1v) is 14.8. The summed E-state index contributed by atoms with van der Waals surface area (Å²) in [6.07, 6.45) is 2.47. The molecule has 1 heterocycles. The summed E-state index contributed by atoms with van der Waals surface area (Å²) in [4.78, 5) is 50.9. The van der Waals surface area contributed by atoms with E-state index < -0.39 is 47.0 Å². The van der Waals surface area contributed by atoms with Gasteiger partial charge in [0.1, 0.15) is 22.9 Å². The Morgan fingerprint density at radius 1 is 0.978 bits per heavy atom. The van der Waals surface area contributed by atoms with Crippen LogP contribution in [0.15, 0.2) is 67.0 Å². The van der Waals surface area contributed by atoms with Gasteiger partial charge in [-0.15, -0.1) is 0 Å². The third-order valence-corrected chi connectivity index (χ3v) is 6.76. The number of nitrogens with one attached hydrogen (secondary N) is 3. The van der Waals surface area contributed by atoms with Gasteiger partial charge in [0, 0.05) is 12.7 Å². The first-order chi connectivity index (χ1) is 21.7. The molecule has 1 unspecified atom stereocenters. The van der Waals surface area contributed by atoms with E-state index in [9.17, 15) is 24.3 Å². The van der Waals surface area contributed by atoms with Gasteiger partial charge in [0.25, 0.3) is 0 Å². The largest absolute Gasteiger partial charge is 0.497 e. The number of carbonyl (C=O) groups is 4. The minimum atomic E-state index is -1.42. The summed E-state index contributed by atoms with van der Waals surface area (Å²) < 4.78 is 17.7. The molecule has 2 atom stereocenters. The number of methoxy groups -OCH3 is 1. The average Bonchev–Trinajstić information content (AvgIpc) is 3.43. The SMILES string of the molecule is COc1ccc(C(CCn2cc(NC(=O)[C@@H](COCc3ccccc3)NC(=O)C(C)(C)NC(=O)OC(C)(C)C)cn2)C(=O)O)cc1. The van der Waals surface area contributed by atoms with Crippen molar-refractivity contribution in [1.29, 1.82) is 0 Å². The Hall–Kier alpha value is -4.91. The Labute approximate surface area is 268 Å². The number of hydrogen-bond acceptors (Lipinski definition) is 8. The second-order valence-corrected chi connectivity index (χ2v) is 12.2. The van der Waals surface area contributed by atoms with Gasteiger partial charge in [0.2, 0.25) is 11.8 Å². The molecule has 1 aromatic heterocycles. The lowest BCUT2D eigenvalue weighted by Crippen LogP contribution is -2.59. The Bertz CT molecular complexity index is 1470. The molecule has 4 N–H and O–H groups in total. The van der Waals surface area contributed by atoms with E-state index in [1.54, 1.807) is 51.2 Å². The molecule has 3 rings (SSSR count). The molecule has 248 valence electrons. The number of carboxylic acids is 1. The van der Waals surface area contributed by atoms with E-state index in [4.69, 9.17) is 14.2 Å². The number of aromatic nitrogens is 2. The summed E-state index contributed by atoms with van der Waals surface area (Å²) in [6.45, 7) is 8.41. The van der Waals surface area contributed by atoms with E-state index in [0.717, 1.165) is 5.56 Å². The van der Waals surface area contributed by atoms with Crippen LogP contribution in [0.5, 0.6) is 5.75 Å². The van der Waals surface area contributed by atoms with E-state index in [2.05, 4.69) is 21.0 Å². The van der Waals surface area contributed by atoms with Crippen LogP contribution in [0.1, 0.15) is 58.1 Å². The summed E-state index contributed by atoms with van der Waals surface area (Å²) in [5.41, 5.74) is -0.327. The monoisotopic (exact) mass is 637 g/mol. The number of aryl methyl sites for hydroxylation is 1. The maximum absolute atomic E-state index is 13.4. The smallest absolute Gasteiger partial charge is 0.408 e. The first-order valence-electron chi connectivity index (χ1n) is 14.8. The van der Waals surface area contributed by atoms with Crippen LogP contribution in [0.25, 0.3) is 0 Å². The highest BCUT2D eigenvalue weighted by molar-refractivity contribution is 5.99. The lowest BCUT2D eigenvalue weighted by Gasteiger charge is -2.29. The molecule has 13 nitrogen and oxygen atoms in total. The Balaban J connectivity index is 1.67. The Morgan fingerprint density at radius 2 is 1.65 bits per heavy atom. The zero-order valence-electron chi connectivity index (χ0n) is 27.0. The van der Waals surface area contributed by atoms with Crippen molar-refractivity contribution >= 4 is 29.6 Å². The van der Waals surface area contributed by atoms with Crippen LogP contribution < -0.4 is 20.7 Å². The van der Waals surface area contributed by atoms with Gasteiger partial charge in [0.15, 0.2) is 0 Å². The van der Waals surface area contributed by atoms with Gasteiger partial charge in [-0.2, -0.15) is 5.10 Å². The standard InChI is InChI=1S/C33H43N5O8/c1-32(2,3)46-31(43)37-33(4,5)30(42)36-27(21-45-20-22-10-8-7-9-11-22)28(39)35-24-18-34-38(19-24)17-16-26(29(40)41)23-12-14-25(44-6)15-13-23/h7-15,18-19,26-27H,16-17,20-21H2,1-6H3,(H,35,39)(H,36,42)(H,37,43)(H,40,41)/t26?,27-/m1/s1. The predicted octanol–water partition coefficient (Wildman–Crippen LogP) is 4.09. The van der Waals surface area contributed by atoms with Gasteiger partial charge in [-0.05, 0) is 64.3 Å². The molecule has 2 aromatic carbocycles. The number of hydrogen-bond donors (Lipinski definition) is 4. The van der Waals surface area contributed by atoms with Crippen molar-refractivity contribution in [3.63, 3.8) is 0 Å². The number of amides is 3. The molecule has 0 saturated heterocycles. The Kier molecular flexibility index (Phi) is 12.3. The van der Waals surface area contributed by atoms with Gasteiger partial charge in [-0.3, -0.25) is 19.1 Å². The lowest BCUT2D eigenvalue weighted by atomic mass is 9.96. The zero-order chi connectivity index (χ0) is 33.9. The molecule has 46 heavy (non-hydrogen) atoms. The molecule has 3 aromatic rings. The molecule has 13 heteroatoms. The van der Waals surface area contributed by atoms with Crippen molar-refractivity contribution in [2.75, 3.05) is 19.0 Å². The molecular formula is C33H43N5O8. The molecule has 3 amide bonds. The fourth-order valence-electron chi connectivity index (χ4n) is 4.32. The van der Waals surface area contributed by atoms with Crippen LogP contribution in [0.2, 0.25) is 0 Å². The quantitative estimate of drug-likeness (QED) is 0.192. The second-order valence-electron chi connectivity index (χ2n) is 12.2. The van der Waals surface area contributed by atoms with Crippen molar-refractivity contribution in [3.8, 4) is 5.75 Å². The molecule has 0 fully saturated rings. The predicted molar refractivity (Wildman–Crippen MR) is 170 cm³/mol. The van der Waals surface area contributed by atoms with Crippen LogP contribution in [0.4, 0.5) is 10.5 Å². The van der Waals surface area contributed by atoms with Crippen LogP contribution in [-0.2, 0) is 37.0 Å². The maximum Gasteiger partial charge on any atom is 0.408 e. The van der Waals surface area contributed by atoms with Gasteiger partial charge in [0.05, 0.1) is 38.1 Å². The fourth-order valence-corrected chi connectivity index (χ4v) is 4.32. The van der Waals surface area contributed by atoms with Gasteiger partial charge in [-0.1, -0.05) is 42.5 Å². The van der Waals surface area contributed by atoms with Crippen molar-refractivity contribution in [3.05, 3.63) is 78.1 Å². The third-order valence-electron chi connectivity index (χ3n) is 6.76. The molecule has 0 aliphatic rings. The van der Waals surface area contributed by atoms with Gasteiger partial charge in [-0.25, -0.2) is 4.79 Å². The summed E-state index contributed by atoms with van der Waals surface area (Å²) in [7, 11) is 1.54. The Morgan fingerprint density at radius 3 is 2.26 bits per heavy atom. The van der Waals surface area contributed by atoms with Crippen LogP contribution in [0, 0.1) is 0 Å². The lowest BCUT2D eigenvalue weighted by molar-refractivity contribution is -0.139. The van der Waals surface area contributed by atoms with Gasteiger partial charge < -0.3 is 35.3 Å². The highest BCUT2D eigenvalue weighted by atomic mass is 16.6. The first kappa shape index (κ1) is 35.6. The fraction of sp³-hybridized carbons (Fsp3) is 0.424. The van der Waals surface area contributed by atoms with Gasteiger partial charge >= 0.3 is 12.1 Å². The summed E-state index contributed by atoms with van der Waals surface area (Å²) >= 11 is 0. The number of aliphatic carboxylic acids is 1. The highest BCUT2D eigenvalue weighted by Crippen LogP contribution is 2.24. The number of benzene rings is 2. The normalized spacial score (nSPS) is 12.8. The second kappa shape index (κ2) is 15.9. The van der Waals surface area contributed by atoms with Crippen LogP contribution >= 0.6 is 0 Å². The highest BCUT2D eigenvalue weighted by Gasteiger charge is 2.34. The van der Waals surface area contributed by atoms with E-state index in [1.807, 2.05) is 30.3 Å². The van der Waals surface area contributed by atoms with Crippen LogP contribution in [-0.4, -0.2) is 69.7 Å². The minimum absolute atomic E-state index is 0.161. The summed E-state index contributed by atoms with van der Waals surface area (Å²) in [6, 6.07) is 15.1. The number of anilines is 1. The topological polar surface area (TPSA) is 170 Å². The number of rotatable bonds is 15. The van der Waals surface area contributed by atoms with Crippen LogP contribution in [0.3, 0.4) is 0 Å². The summed E-state index contributed by atoms with van der Waals surface area (Å²) in [5.74, 6) is -2.31. The minimum Gasteiger partial charge on any atom is -0.497 e. The number of carboxylic acid groups (broad SMARTS) is 1. The molecular weight excluding hydrogens is 594 g/mol. The molecule has 0 aliphatic carbocycles. The van der Waals surface area contributed by atoms with E-state index in [1.165, 1.54) is 31.8 Å². The maximum atomic E-state index is 13.4. The van der Waals surface area contributed by atoms with E-state index in [-0.39, 0.29) is 26.2 Å². The molecule has 0 aliphatic heterocycles. The molecule has 0 radical (unpaired) electrons. The van der Waals surface area contributed by atoms with Crippen molar-refractivity contribution in [2.24, 2.45) is 0 Å². The summed E-state index contributed by atoms with van der Waals surface area (Å²) in [5, 5.41) is 22.0.